The molecule has 1 aliphatic rings. The Kier molecular flexibility index (Phi) is 6.45. The van der Waals surface area contributed by atoms with Crippen LogP contribution in [0.2, 0.25) is 0 Å². The number of hydrogen-bond acceptors (Lipinski definition) is 2. The Hall–Kier alpha value is 0.390. The molecule has 0 heterocycles. The van der Waals surface area contributed by atoms with E-state index in [0.29, 0.717) is 0 Å². The topological polar surface area (TPSA) is 18.5 Å². The lowest BCUT2D eigenvalue weighted by atomic mass is 9.87. The molecule has 0 saturated carbocycles. The van der Waals surface area contributed by atoms with E-state index < -0.39 is 0 Å². The first kappa shape index (κ1) is 15.4. The van der Waals surface area contributed by atoms with E-state index in [-0.39, 0.29) is 17.8 Å². The molecule has 0 bridgehead atoms. The second-order valence-corrected chi connectivity index (χ2v) is 6.30. The van der Waals surface area contributed by atoms with Gasteiger partial charge in [-0.15, -0.1) is 0 Å². The van der Waals surface area contributed by atoms with Gasteiger partial charge in [-0.1, -0.05) is 61.4 Å². The molecule has 2 atom stereocenters. The first-order chi connectivity index (χ1) is 7.99. The summed E-state index contributed by atoms with van der Waals surface area (Å²) in [6, 6.07) is 0. The van der Waals surface area contributed by atoms with Crippen LogP contribution in [-0.4, -0.2) is 23.4 Å². The summed E-state index contributed by atoms with van der Waals surface area (Å²) in [5.74, 6) is 0. The molecular weight excluding hydrogens is 327 g/mol. The van der Waals surface area contributed by atoms with Gasteiger partial charge in [0.25, 0.3) is 0 Å². The lowest BCUT2D eigenvalue weighted by Gasteiger charge is -2.23. The van der Waals surface area contributed by atoms with Crippen molar-refractivity contribution in [3.05, 3.63) is 11.6 Å². The number of alkyl halides is 1. The van der Waals surface area contributed by atoms with Crippen LogP contribution in [0.25, 0.3) is 0 Å². The van der Waals surface area contributed by atoms with Gasteiger partial charge in [0, 0.05) is 6.61 Å². The molecule has 0 aliphatic heterocycles. The molecule has 100 valence electrons. The highest BCUT2D eigenvalue weighted by Gasteiger charge is 2.32. The van der Waals surface area contributed by atoms with Crippen molar-refractivity contribution >= 4 is 22.6 Å². The maximum atomic E-state index is 6.01. The molecule has 0 amide bonds. The van der Waals surface area contributed by atoms with Gasteiger partial charge in [-0.2, -0.15) is 0 Å². The van der Waals surface area contributed by atoms with Crippen LogP contribution in [0.3, 0.4) is 0 Å². The fraction of sp³-hybridized carbons (Fsp3) is 0.857. The van der Waals surface area contributed by atoms with Crippen LogP contribution in [-0.2, 0) is 9.47 Å². The highest BCUT2D eigenvalue weighted by atomic mass is 127. The van der Waals surface area contributed by atoms with E-state index in [0.717, 1.165) is 23.9 Å². The highest BCUT2D eigenvalue weighted by molar-refractivity contribution is 14.1. The number of hydrogen-bond donors (Lipinski definition) is 0. The Morgan fingerprint density at radius 2 is 2.24 bits per heavy atom. The molecule has 1 rings (SSSR count). The van der Waals surface area contributed by atoms with E-state index >= 15 is 0 Å². The third-order valence-electron chi connectivity index (χ3n) is 3.47. The van der Waals surface area contributed by atoms with Crippen molar-refractivity contribution in [2.45, 2.75) is 59.4 Å². The predicted molar refractivity (Wildman–Crippen MR) is 80.6 cm³/mol. The first-order valence-corrected chi connectivity index (χ1v) is 8.04. The van der Waals surface area contributed by atoms with E-state index in [1.807, 2.05) is 0 Å². The quantitative estimate of drug-likeness (QED) is 0.223. The summed E-state index contributed by atoms with van der Waals surface area (Å²) in [6.45, 7) is 9.73. The van der Waals surface area contributed by atoms with Crippen LogP contribution in [0.4, 0.5) is 0 Å². The van der Waals surface area contributed by atoms with Crippen molar-refractivity contribution in [2.75, 3.05) is 11.0 Å². The Morgan fingerprint density at radius 1 is 1.53 bits per heavy atom. The molecule has 0 radical (unpaired) electrons. The Bertz CT molecular complexity index is 261. The lowest BCUT2D eigenvalue weighted by molar-refractivity contribution is -0.146. The van der Waals surface area contributed by atoms with Gasteiger partial charge in [0.1, 0.15) is 0 Å². The number of rotatable bonds is 7. The zero-order valence-corrected chi connectivity index (χ0v) is 13.6. The second kappa shape index (κ2) is 7.10. The van der Waals surface area contributed by atoms with E-state index in [1.54, 1.807) is 0 Å². The number of unbranched alkanes of at least 4 members (excludes halogenated alkanes) is 1. The van der Waals surface area contributed by atoms with Gasteiger partial charge in [-0.05, 0) is 25.2 Å². The van der Waals surface area contributed by atoms with Crippen LogP contribution in [0.15, 0.2) is 11.6 Å². The Labute approximate surface area is 119 Å². The van der Waals surface area contributed by atoms with Crippen molar-refractivity contribution in [3.8, 4) is 0 Å². The van der Waals surface area contributed by atoms with Gasteiger partial charge in [-0.25, -0.2) is 0 Å². The normalized spacial score (nSPS) is 24.8. The fourth-order valence-electron chi connectivity index (χ4n) is 1.99. The van der Waals surface area contributed by atoms with Gasteiger partial charge in [-0.3, -0.25) is 0 Å². The van der Waals surface area contributed by atoms with E-state index in [9.17, 15) is 0 Å². The largest absolute Gasteiger partial charge is 0.352 e. The summed E-state index contributed by atoms with van der Waals surface area (Å²) in [5.41, 5.74) is 1.72. The van der Waals surface area contributed by atoms with Gasteiger partial charge in [0.2, 0.25) is 0 Å². The molecule has 0 spiro atoms. The Balaban J connectivity index is 2.37. The van der Waals surface area contributed by atoms with Crippen molar-refractivity contribution in [2.24, 2.45) is 5.41 Å². The molecule has 0 fully saturated rings. The number of allylic oxidation sites excluding steroid dienone is 1. The van der Waals surface area contributed by atoms with Crippen LogP contribution in [0.1, 0.15) is 47.0 Å². The molecule has 0 aromatic rings. The standard InChI is InChI=1S/C14H25IO2/c1-5-6-7-16-13(10-15)17-12-8-11(2)14(3,4)9-12/h8,12-13H,5-7,9-10H2,1-4H3. The van der Waals surface area contributed by atoms with Crippen LogP contribution < -0.4 is 0 Å². The highest BCUT2D eigenvalue weighted by Crippen LogP contribution is 2.39. The minimum Gasteiger partial charge on any atom is -0.352 e. The van der Waals surface area contributed by atoms with Crippen LogP contribution >= 0.6 is 22.6 Å². The molecule has 2 unspecified atom stereocenters. The zero-order valence-electron chi connectivity index (χ0n) is 11.5. The number of halogens is 1. The average Bonchev–Trinajstić information content (AvgIpc) is 2.51. The summed E-state index contributed by atoms with van der Waals surface area (Å²) >= 11 is 2.33. The molecule has 0 N–H and O–H groups in total. The van der Waals surface area contributed by atoms with Crippen LogP contribution in [0, 0.1) is 5.41 Å². The zero-order chi connectivity index (χ0) is 12.9. The van der Waals surface area contributed by atoms with Gasteiger partial charge in [0.15, 0.2) is 6.29 Å². The molecule has 1 aliphatic carbocycles. The van der Waals surface area contributed by atoms with E-state index in [1.165, 1.54) is 12.0 Å². The fourth-order valence-corrected chi connectivity index (χ4v) is 2.45. The smallest absolute Gasteiger partial charge is 0.167 e. The first-order valence-electron chi connectivity index (χ1n) is 6.51. The molecule has 17 heavy (non-hydrogen) atoms. The summed E-state index contributed by atoms with van der Waals surface area (Å²) in [7, 11) is 0. The molecular formula is C14H25IO2. The lowest BCUT2D eigenvalue weighted by Crippen LogP contribution is -2.26. The molecule has 3 heteroatoms. The maximum Gasteiger partial charge on any atom is 0.167 e. The SMILES string of the molecule is CCCCOC(CI)OC1C=C(C)C(C)(C)C1. The van der Waals surface area contributed by atoms with Crippen molar-refractivity contribution < 1.29 is 9.47 Å². The van der Waals surface area contributed by atoms with Crippen molar-refractivity contribution in [1.82, 2.24) is 0 Å². The minimum absolute atomic E-state index is 0.0508. The molecule has 2 nitrogen and oxygen atoms in total. The summed E-state index contributed by atoms with van der Waals surface area (Å²) in [4.78, 5) is 0. The predicted octanol–water partition coefficient (Wildman–Crippen LogP) is 4.33. The summed E-state index contributed by atoms with van der Waals surface area (Å²) in [5, 5.41) is 0. The van der Waals surface area contributed by atoms with Gasteiger partial charge in [0.05, 0.1) is 10.5 Å². The summed E-state index contributed by atoms with van der Waals surface area (Å²) < 4.78 is 12.6. The van der Waals surface area contributed by atoms with Crippen LogP contribution in [0.5, 0.6) is 0 Å². The third kappa shape index (κ3) is 4.87. The third-order valence-corrected chi connectivity index (χ3v) is 4.19. The summed E-state index contributed by atoms with van der Waals surface area (Å²) in [6.07, 6.45) is 5.79. The molecule has 0 aromatic carbocycles. The minimum atomic E-state index is -0.0508. The van der Waals surface area contributed by atoms with Gasteiger partial charge >= 0.3 is 0 Å². The molecule has 0 aromatic heterocycles. The van der Waals surface area contributed by atoms with Gasteiger partial charge < -0.3 is 9.47 Å². The Morgan fingerprint density at radius 3 is 2.71 bits per heavy atom. The van der Waals surface area contributed by atoms with E-state index in [2.05, 4.69) is 56.4 Å². The average molecular weight is 352 g/mol. The monoisotopic (exact) mass is 352 g/mol. The second-order valence-electron chi connectivity index (χ2n) is 5.42. The molecule has 0 saturated heterocycles. The maximum absolute atomic E-state index is 6.01. The van der Waals surface area contributed by atoms with Crippen molar-refractivity contribution in [3.63, 3.8) is 0 Å². The number of ether oxygens (including phenoxy) is 2. The van der Waals surface area contributed by atoms with E-state index in [4.69, 9.17) is 9.47 Å². The van der Waals surface area contributed by atoms with Crippen molar-refractivity contribution in [1.29, 1.82) is 0 Å².